The lowest BCUT2D eigenvalue weighted by Crippen LogP contribution is -2.24. The maximum Gasteiger partial charge on any atom is 0.120 e. The lowest BCUT2D eigenvalue weighted by molar-refractivity contribution is 0.273. The number of nitrogens with zero attached hydrogens (tertiary/aromatic N) is 1. The SMILES string of the molecule is OCCCCCCCCc1ccc(CN2CCCCCC2)c(O)c1. The minimum Gasteiger partial charge on any atom is -0.508 e. The third-order valence-corrected chi connectivity index (χ3v) is 5.12. The Balaban J connectivity index is 1.71. The smallest absolute Gasteiger partial charge is 0.120 e. The summed E-state index contributed by atoms with van der Waals surface area (Å²) in [6.07, 6.45) is 13.3. The number of hydrogen-bond acceptors (Lipinski definition) is 3. The molecule has 1 saturated heterocycles. The minimum atomic E-state index is 0.322. The predicted octanol–water partition coefficient (Wildman–Crippen LogP) is 4.64. The quantitative estimate of drug-likeness (QED) is 0.613. The fraction of sp³-hybridized carbons (Fsp3) is 0.714. The van der Waals surface area contributed by atoms with Gasteiger partial charge in [0.05, 0.1) is 0 Å². The molecular formula is C21H35NO2. The van der Waals surface area contributed by atoms with Gasteiger partial charge in [-0.1, -0.05) is 50.7 Å². The zero-order valence-corrected chi connectivity index (χ0v) is 15.2. The van der Waals surface area contributed by atoms with Crippen molar-refractivity contribution in [1.82, 2.24) is 4.90 Å². The van der Waals surface area contributed by atoms with Crippen LogP contribution in [0.4, 0.5) is 0 Å². The van der Waals surface area contributed by atoms with E-state index in [1.807, 2.05) is 6.07 Å². The monoisotopic (exact) mass is 333 g/mol. The Hall–Kier alpha value is -1.06. The number of unbranched alkanes of at least 4 members (excludes halogenated alkanes) is 5. The summed E-state index contributed by atoms with van der Waals surface area (Å²) >= 11 is 0. The molecule has 0 spiro atoms. The highest BCUT2D eigenvalue weighted by Gasteiger charge is 2.12. The number of aliphatic hydroxyl groups is 1. The zero-order chi connectivity index (χ0) is 17.0. The number of benzene rings is 1. The van der Waals surface area contributed by atoms with E-state index in [0.717, 1.165) is 44.5 Å². The molecular weight excluding hydrogens is 298 g/mol. The van der Waals surface area contributed by atoms with Gasteiger partial charge < -0.3 is 10.2 Å². The molecule has 2 rings (SSSR count). The van der Waals surface area contributed by atoms with Gasteiger partial charge in [0.1, 0.15) is 5.75 Å². The Morgan fingerprint density at radius 2 is 1.50 bits per heavy atom. The Labute approximate surface area is 147 Å². The van der Waals surface area contributed by atoms with Gasteiger partial charge in [-0.25, -0.2) is 0 Å². The van der Waals surface area contributed by atoms with Crippen LogP contribution in [0, 0.1) is 0 Å². The lowest BCUT2D eigenvalue weighted by atomic mass is 10.0. The Morgan fingerprint density at radius 1 is 0.833 bits per heavy atom. The third kappa shape index (κ3) is 7.23. The molecule has 1 aromatic rings. The van der Waals surface area contributed by atoms with E-state index >= 15 is 0 Å². The molecule has 0 aromatic heterocycles. The molecule has 2 N–H and O–H groups in total. The van der Waals surface area contributed by atoms with E-state index in [1.165, 1.54) is 56.9 Å². The summed E-state index contributed by atoms with van der Waals surface area (Å²) in [5.74, 6) is 0.472. The van der Waals surface area contributed by atoms with Crippen LogP contribution in [0.3, 0.4) is 0 Å². The van der Waals surface area contributed by atoms with Crippen LogP contribution in [-0.2, 0) is 13.0 Å². The van der Waals surface area contributed by atoms with Gasteiger partial charge in [-0.05, 0) is 56.8 Å². The molecule has 1 aliphatic rings. The minimum absolute atomic E-state index is 0.322. The number of aryl methyl sites for hydroxylation is 1. The number of hydrogen-bond donors (Lipinski definition) is 2. The molecule has 1 fully saturated rings. The van der Waals surface area contributed by atoms with Crippen LogP contribution in [0.1, 0.15) is 75.3 Å². The summed E-state index contributed by atoms with van der Waals surface area (Å²) in [6.45, 7) is 3.54. The van der Waals surface area contributed by atoms with Gasteiger partial charge in [0.25, 0.3) is 0 Å². The molecule has 0 saturated carbocycles. The molecule has 0 aliphatic carbocycles. The van der Waals surface area contributed by atoms with Gasteiger partial charge >= 0.3 is 0 Å². The van der Waals surface area contributed by atoms with Crippen LogP contribution in [0.25, 0.3) is 0 Å². The second-order valence-corrected chi connectivity index (χ2v) is 7.25. The number of rotatable bonds is 10. The van der Waals surface area contributed by atoms with Crippen molar-refractivity contribution in [2.75, 3.05) is 19.7 Å². The van der Waals surface area contributed by atoms with E-state index < -0.39 is 0 Å². The largest absolute Gasteiger partial charge is 0.508 e. The summed E-state index contributed by atoms with van der Waals surface area (Å²) in [5, 5.41) is 19.1. The Bertz CT molecular complexity index is 453. The summed E-state index contributed by atoms with van der Waals surface area (Å²) in [7, 11) is 0. The molecule has 1 aromatic carbocycles. The number of likely N-dealkylation sites (tertiary alicyclic amines) is 1. The zero-order valence-electron chi connectivity index (χ0n) is 15.2. The number of phenols is 1. The van der Waals surface area contributed by atoms with Crippen molar-refractivity contribution >= 4 is 0 Å². The Kier molecular flexibility index (Phi) is 9.22. The first-order valence-electron chi connectivity index (χ1n) is 9.93. The van der Waals surface area contributed by atoms with Crippen LogP contribution >= 0.6 is 0 Å². The van der Waals surface area contributed by atoms with Crippen molar-refractivity contribution in [3.05, 3.63) is 29.3 Å². The van der Waals surface area contributed by atoms with E-state index in [0.29, 0.717) is 12.4 Å². The van der Waals surface area contributed by atoms with Gasteiger partial charge in [-0.3, -0.25) is 4.90 Å². The highest BCUT2D eigenvalue weighted by atomic mass is 16.3. The molecule has 1 aliphatic heterocycles. The summed E-state index contributed by atoms with van der Waals surface area (Å²) in [6, 6.07) is 6.29. The molecule has 0 amide bonds. The highest BCUT2D eigenvalue weighted by Crippen LogP contribution is 2.23. The molecule has 3 nitrogen and oxygen atoms in total. The van der Waals surface area contributed by atoms with Crippen molar-refractivity contribution in [2.24, 2.45) is 0 Å². The molecule has 1 heterocycles. The van der Waals surface area contributed by atoms with Crippen molar-refractivity contribution in [2.45, 2.75) is 77.2 Å². The van der Waals surface area contributed by atoms with Gasteiger partial charge in [0.15, 0.2) is 0 Å². The van der Waals surface area contributed by atoms with Crippen LogP contribution in [0.2, 0.25) is 0 Å². The van der Waals surface area contributed by atoms with Crippen molar-refractivity contribution in [1.29, 1.82) is 0 Å². The summed E-state index contributed by atoms with van der Waals surface area (Å²) in [5.41, 5.74) is 2.33. The number of aliphatic hydroxyl groups excluding tert-OH is 1. The molecule has 3 heteroatoms. The standard InChI is InChI=1S/C21H35NO2/c23-16-10-6-2-1-3-7-11-19-12-13-20(21(24)17-19)18-22-14-8-4-5-9-15-22/h12-13,17,23-24H,1-11,14-16,18H2. The molecule has 0 radical (unpaired) electrons. The van der Waals surface area contributed by atoms with E-state index in [1.54, 1.807) is 0 Å². The predicted molar refractivity (Wildman–Crippen MR) is 100 cm³/mol. The lowest BCUT2D eigenvalue weighted by Gasteiger charge is -2.20. The van der Waals surface area contributed by atoms with E-state index in [4.69, 9.17) is 5.11 Å². The fourth-order valence-electron chi connectivity index (χ4n) is 3.58. The Morgan fingerprint density at radius 3 is 2.17 bits per heavy atom. The fourth-order valence-corrected chi connectivity index (χ4v) is 3.58. The molecule has 0 unspecified atom stereocenters. The summed E-state index contributed by atoms with van der Waals surface area (Å²) in [4.78, 5) is 2.48. The van der Waals surface area contributed by atoms with Crippen molar-refractivity contribution < 1.29 is 10.2 Å². The molecule has 24 heavy (non-hydrogen) atoms. The first-order chi connectivity index (χ1) is 11.8. The van der Waals surface area contributed by atoms with Gasteiger partial charge in [-0.15, -0.1) is 0 Å². The van der Waals surface area contributed by atoms with Gasteiger partial charge in [0.2, 0.25) is 0 Å². The summed E-state index contributed by atoms with van der Waals surface area (Å²) < 4.78 is 0. The maximum atomic E-state index is 10.3. The first-order valence-corrected chi connectivity index (χ1v) is 9.93. The van der Waals surface area contributed by atoms with Crippen LogP contribution in [0.5, 0.6) is 5.75 Å². The van der Waals surface area contributed by atoms with Gasteiger partial charge in [0, 0.05) is 18.7 Å². The highest BCUT2D eigenvalue weighted by molar-refractivity contribution is 5.36. The molecule has 0 atom stereocenters. The third-order valence-electron chi connectivity index (χ3n) is 5.12. The normalized spacial score (nSPS) is 16.2. The van der Waals surface area contributed by atoms with Crippen LogP contribution in [-0.4, -0.2) is 34.8 Å². The van der Waals surface area contributed by atoms with Crippen molar-refractivity contribution in [3.8, 4) is 5.75 Å². The molecule has 136 valence electrons. The van der Waals surface area contributed by atoms with Crippen molar-refractivity contribution in [3.63, 3.8) is 0 Å². The average molecular weight is 334 g/mol. The average Bonchev–Trinajstić information content (AvgIpc) is 2.85. The van der Waals surface area contributed by atoms with Crippen LogP contribution < -0.4 is 0 Å². The first kappa shape index (κ1) is 19.3. The second-order valence-electron chi connectivity index (χ2n) is 7.25. The maximum absolute atomic E-state index is 10.3. The van der Waals surface area contributed by atoms with Crippen LogP contribution in [0.15, 0.2) is 18.2 Å². The second kappa shape index (κ2) is 11.5. The van der Waals surface area contributed by atoms with E-state index in [-0.39, 0.29) is 0 Å². The van der Waals surface area contributed by atoms with Gasteiger partial charge in [-0.2, -0.15) is 0 Å². The number of aromatic hydroxyl groups is 1. The van der Waals surface area contributed by atoms with E-state index in [2.05, 4.69) is 17.0 Å². The number of phenolic OH excluding ortho intramolecular Hbond substituents is 1. The molecule has 0 bridgehead atoms. The van der Waals surface area contributed by atoms with E-state index in [9.17, 15) is 5.11 Å². The topological polar surface area (TPSA) is 43.7 Å².